The first-order chi connectivity index (χ1) is 7.67. The number of nitrogens with zero attached hydrogens (tertiary/aromatic N) is 1. The van der Waals surface area contributed by atoms with Gasteiger partial charge < -0.3 is 9.47 Å². The molecule has 1 aromatic carbocycles. The monoisotopic (exact) mass is 223 g/mol. The minimum Gasteiger partial charge on any atom is -0.497 e. The second-order valence-corrected chi connectivity index (χ2v) is 3.50. The molecular weight excluding hydrogens is 210 g/mol. The lowest BCUT2D eigenvalue weighted by Crippen LogP contribution is -2.43. The van der Waals surface area contributed by atoms with Crippen LogP contribution in [-0.4, -0.2) is 24.3 Å². The minimum absolute atomic E-state index is 0.314. The number of hydrogen-bond donors (Lipinski definition) is 1. The van der Waals surface area contributed by atoms with Gasteiger partial charge in [-0.2, -0.15) is 5.06 Å². The Kier molecular flexibility index (Phi) is 2.70. The highest BCUT2D eigenvalue weighted by Crippen LogP contribution is 2.36. The van der Waals surface area contributed by atoms with Crippen LogP contribution in [0.1, 0.15) is 13.3 Å². The van der Waals surface area contributed by atoms with Crippen molar-refractivity contribution in [3.05, 3.63) is 18.2 Å². The molecule has 1 unspecified atom stereocenters. The van der Waals surface area contributed by atoms with Gasteiger partial charge in [0.25, 0.3) is 5.91 Å². The van der Waals surface area contributed by atoms with Gasteiger partial charge in [-0.1, -0.05) is 6.92 Å². The van der Waals surface area contributed by atoms with Gasteiger partial charge in [-0.3, -0.25) is 10.0 Å². The molecule has 0 aromatic heterocycles. The fourth-order valence-electron chi connectivity index (χ4n) is 1.61. The Morgan fingerprint density at radius 1 is 1.56 bits per heavy atom. The van der Waals surface area contributed by atoms with Gasteiger partial charge in [0.1, 0.15) is 17.2 Å². The first kappa shape index (κ1) is 10.8. The molecule has 1 aliphatic rings. The number of fused-ring (bicyclic) bond motifs is 1. The SMILES string of the molecule is CCC1Oc2ccc(OC)cc2N(O)C1=O. The normalized spacial score (nSPS) is 19.1. The number of hydroxylamine groups is 1. The molecule has 1 aromatic rings. The Morgan fingerprint density at radius 3 is 2.94 bits per heavy atom. The molecule has 16 heavy (non-hydrogen) atoms. The minimum atomic E-state index is -0.620. The Bertz CT molecular complexity index is 418. The summed E-state index contributed by atoms with van der Waals surface area (Å²) in [7, 11) is 1.52. The van der Waals surface area contributed by atoms with Crippen molar-refractivity contribution in [1.29, 1.82) is 0 Å². The lowest BCUT2D eigenvalue weighted by Gasteiger charge is -2.29. The maximum Gasteiger partial charge on any atom is 0.291 e. The summed E-state index contributed by atoms with van der Waals surface area (Å²) in [6.45, 7) is 1.82. The van der Waals surface area contributed by atoms with Crippen LogP contribution in [0.15, 0.2) is 18.2 Å². The quantitative estimate of drug-likeness (QED) is 0.773. The summed E-state index contributed by atoms with van der Waals surface area (Å²) in [5, 5.41) is 10.3. The smallest absolute Gasteiger partial charge is 0.291 e. The third-order valence-corrected chi connectivity index (χ3v) is 2.52. The summed E-state index contributed by atoms with van der Waals surface area (Å²) >= 11 is 0. The van der Waals surface area contributed by atoms with Crippen molar-refractivity contribution in [3.8, 4) is 11.5 Å². The van der Waals surface area contributed by atoms with Gasteiger partial charge in [0.2, 0.25) is 0 Å². The standard InChI is InChI=1S/C11H13NO4/c1-3-9-11(13)12(14)8-6-7(15-2)4-5-10(8)16-9/h4-6,9,14H,3H2,1-2H3. The van der Waals surface area contributed by atoms with Crippen molar-refractivity contribution in [2.45, 2.75) is 19.4 Å². The molecule has 2 rings (SSSR count). The Hall–Kier alpha value is -1.75. The summed E-state index contributed by atoms with van der Waals surface area (Å²) in [4.78, 5) is 11.6. The van der Waals surface area contributed by atoms with E-state index < -0.39 is 12.0 Å². The van der Waals surface area contributed by atoms with Crippen molar-refractivity contribution in [3.63, 3.8) is 0 Å². The number of amides is 1. The van der Waals surface area contributed by atoms with E-state index in [1.165, 1.54) is 7.11 Å². The van der Waals surface area contributed by atoms with Gasteiger partial charge in [0.15, 0.2) is 6.10 Å². The zero-order valence-electron chi connectivity index (χ0n) is 9.14. The zero-order chi connectivity index (χ0) is 11.7. The van der Waals surface area contributed by atoms with Crippen LogP contribution in [0.4, 0.5) is 5.69 Å². The summed E-state index contributed by atoms with van der Waals surface area (Å²) in [6, 6.07) is 4.95. The zero-order valence-corrected chi connectivity index (χ0v) is 9.14. The van der Waals surface area contributed by atoms with Crippen LogP contribution in [0.3, 0.4) is 0 Å². The van der Waals surface area contributed by atoms with Gasteiger partial charge in [-0.25, -0.2) is 0 Å². The van der Waals surface area contributed by atoms with E-state index in [-0.39, 0.29) is 0 Å². The fraction of sp³-hybridized carbons (Fsp3) is 0.364. The predicted molar refractivity (Wildman–Crippen MR) is 57.0 cm³/mol. The maximum atomic E-state index is 11.6. The topological polar surface area (TPSA) is 59.0 Å². The predicted octanol–water partition coefficient (Wildman–Crippen LogP) is 1.59. The van der Waals surface area contributed by atoms with E-state index in [1.807, 2.05) is 6.92 Å². The van der Waals surface area contributed by atoms with E-state index in [0.717, 1.165) is 0 Å². The van der Waals surface area contributed by atoms with Crippen LogP contribution >= 0.6 is 0 Å². The lowest BCUT2D eigenvalue weighted by atomic mass is 10.1. The molecule has 0 fully saturated rings. The van der Waals surface area contributed by atoms with E-state index in [2.05, 4.69) is 0 Å². The van der Waals surface area contributed by atoms with Gasteiger partial charge in [0.05, 0.1) is 7.11 Å². The molecule has 1 atom stereocenters. The van der Waals surface area contributed by atoms with E-state index in [4.69, 9.17) is 9.47 Å². The van der Waals surface area contributed by atoms with Gasteiger partial charge >= 0.3 is 0 Å². The molecule has 1 N–H and O–H groups in total. The van der Waals surface area contributed by atoms with Crippen molar-refractivity contribution < 1.29 is 19.5 Å². The average molecular weight is 223 g/mol. The fourth-order valence-corrected chi connectivity index (χ4v) is 1.61. The summed E-state index contributed by atoms with van der Waals surface area (Å²) in [5.74, 6) is 0.585. The number of carbonyl (C=O) groups is 1. The molecule has 86 valence electrons. The van der Waals surface area contributed by atoms with E-state index in [1.54, 1.807) is 18.2 Å². The van der Waals surface area contributed by atoms with E-state index in [9.17, 15) is 10.0 Å². The molecule has 1 amide bonds. The average Bonchev–Trinajstić information content (AvgIpc) is 2.33. The van der Waals surface area contributed by atoms with Crippen LogP contribution in [-0.2, 0) is 4.79 Å². The summed E-state index contributed by atoms with van der Waals surface area (Å²) in [6.07, 6.45) is -0.104. The summed E-state index contributed by atoms with van der Waals surface area (Å²) < 4.78 is 10.5. The summed E-state index contributed by atoms with van der Waals surface area (Å²) in [5.41, 5.74) is 0.314. The molecule has 0 saturated carbocycles. The molecule has 0 saturated heterocycles. The van der Waals surface area contributed by atoms with Crippen molar-refractivity contribution in [1.82, 2.24) is 0 Å². The Morgan fingerprint density at radius 2 is 2.31 bits per heavy atom. The first-order valence-electron chi connectivity index (χ1n) is 5.05. The van der Waals surface area contributed by atoms with Crippen molar-refractivity contribution in [2.75, 3.05) is 12.2 Å². The third-order valence-electron chi connectivity index (χ3n) is 2.52. The number of methoxy groups -OCH3 is 1. The number of hydrogen-bond acceptors (Lipinski definition) is 4. The molecule has 0 radical (unpaired) electrons. The highest BCUT2D eigenvalue weighted by molar-refractivity contribution is 5.98. The molecule has 0 bridgehead atoms. The molecule has 1 aliphatic heterocycles. The highest BCUT2D eigenvalue weighted by atomic mass is 16.6. The lowest BCUT2D eigenvalue weighted by molar-refractivity contribution is -0.132. The molecular formula is C11H13NO4. The van der Waals surface area contributed by atoms with Crippen LogP contribution in [0.2, 0.25) is 0 Å². The second-order valence-electron chi connectivity index (χ2n) is 3.50. The number of rotatable bonds is 2. The Labute approximate surface area is 93.1 Å². The maximum absolute atomic E-state index is 11.6. The van der Waals surface area contributed by atoms with Crippen LogP contribution < -0.4 is 14.5 Å². The van der Waals surface area contributed by atoms with Crippen LogP contribution in [0, 0.1) is 0 Å². The van der Waals surface area contributed by atoms with Gasteiger partial charge in [-0.05, 0) is 18.6 Å². The van der Waals surface area contributed by atoms with Crippen molar-refractivity contribution >= 4 is 11.6 Å². The van der Waals surface area contributed by atoms with E-state index in [0.29, 0.717) is 28.7 Å². The molecule has 5 nitrogen and oxygen atoms in total. The number of anilines is 1. The molecule has 0 spiro atoms. The highest BCUT2D eigenvalue weighted by Gasteiger charge is 2.32. The number of carbonyl (C=O) groups excluding carboxylic acids is 1. The van der Waals surface area contributed by atoms with Crippen LogP contribution in [0.25, 0.3) is 0 Å². The van der Waals surface area contributed by atoms with Gasteiger partial charge in [-0.15, -0.1) is 0 Å². The van der Waals surface area contributed by atoms with Crippen molar-refractivity contribution in [2.24, 2.45) is 0 Å². The van der Waals surface area contributed by atoms with E-state index >= 15 is 0 Å². The largest absolute Gasteiger partial charge is 0.497 e. The van der Waals surface area contributed by atoms with Gasteiger partial charge in [0, 0.05) is 6.07 Å². The number of benzene rings is 1. The first-order valence-corrected chi connectivity index (χ1v) is 5.05. The molecule has 5 heteroatoms. The Balaban J connectivity index is 2.42. The molecule has 1 heterocycles. The molecule has 0 aliphatic carbocycles. The third kappa shape index (κ3) is 1.59. The second kappa shape index (κ2) is 4.02. The number of ether oxygens (including phenoxy) is 2. The van der Waals surface area contributed by atoms with Crippen LogP contribution in [0.5, 0.6) is 11.5 Å².